The van der Waals surface area contributed by atoms with Gasteiger partial charge in [-0.1, -0.05) is 73.4 Å². The van der Waals surface area contributed by atoms with Gasteiger partial charge in [-0.3, -0.25) is 0 Å². The predicted molar refractivity (Wildman–Crippen MR) is 156 cm³/mol. The number of alkyl halides is 1. The minimum atomic E-state index is -0.582. The van der Waals surface area contributed by atoms with E-state index in [2.05, 4.69) is 15.9 Å². The molecular formula is C32H37BrO6. The zero-order valence-electron chi connectivity index (χ0n) is 22.3. The molecule has 0 aromatic heterocycles. The molecule has 0 atom stereocenters. The summed E-state index contributed by atoms with van der Waals surface area (Å²) in [4.78, 5) is 24.8. The number of phenolic OH excluding ortho intramolecular Hbond substituents is 1. The first kappa shape index (κ1) is 30.2. The van der Waals surface area contributed by atoms with Crippen LogP contribution in [0.25, 0.3) is 0 Å². The number of carbonyl (C=O) groups is 2. The van der Waals surface area contributed by atoms with E-state index in [1.54, 1.807) is 36.4 Å². The second-order valence-corrected chi connectivity index (χ2v) is 10.2. The van der Waals surface area contributed by atoms with Gasteiger partial charge in [0, 0.05) is 11.4 Å². The molecule has 1 N–H and O–H groups in total. The normalized spacial score (nSPS) is 10.7. The Morgan fingerprint density at radius 2 is 1.08 bits per heavy atom. The van der Waals surface area contributed by atoms with E-state index in [1.807, 2.05) is 0 Å². The lowest BCUT2D eigenvalue weighted by Crippen LogP contribution is -2.10. The smallest absolute Gasteiger partial charge is 0.343 e. The van der Waals surface area contributed by atoms with Crippen LogP contribution in [0.3, 0.4) is 0 Å². The van der Waals surface area contributed by atoms with E-state index in [9.17, 15) is 14.7 Å². The molecule has 3 aromatic rings. The van der Waals surface area contributed by atoms with Crippen LogP contribution in [0.2, 0.25) is 0 Å². The summed E-state index contributed by atoms with van der Waals surface area (Å²) in [5.74, 6) is 0.195. The summed E-state index contributed by atoms with van der Waals surface area (Å²) in [6, 6.07) is 19.0. The molecule has 0 aliphatic rings. The van der Waals surface area contributed by atoms with E-state index in [4.69, 9.17) is 14.2 Å². The first-order valence-electron chi connectivity index (χ1n) is 13.7. The molecule has 0 fully saturated rings. The average molecular weight is 598 g/mol. The Morgan fingerprint density at radius 3 is 1.62 bits per heavy atom. The lowest BCUT2D eigenvalue weighted by atomic mass is 10.1. The van der Waals surface area contributed by atoms with Gasteiger partial charge in [0.05, 0.1) is 17.7 Å². The van der Waals surface area contributed by atoms with Crippen LogP contribution in [0, 0.1) is 0 Å². The van der Waals surface area contributed by atoms with Crippen molar-refractivity contribution < 1.29 is 28.9 Å². The Morgan fingerprint density at radius 1 is 0.590 bits per heavy atom. The van der Waals surface area contributed by atoms with Gasteiger partial charge in [-0.05, 0) is 73.5 Å². The number of hydrogen-bond donors (Lipinski definition) is 1. The Hall–Kier alpha value is -3.32. The van der Waals surface area contributed by atoms with Crippen molar-refractivity contribution >= 4 is 27.9 Å². The van der Waals surface area contributed by atoms with Gasteiger partial charge < -0.3 is 19.3 Å². The second-order valence-electron chi connectivity index (χ2n) is 9.40. The fourth-order valence-corrected chi connectivity index (χ4v) is 4.42. The van der Waals surface area contributed by atoms with E-state index in [1.165, 1.54) is 94.2 Å². The van der Waals surface area contributed by atoms with Crippen molar-refractivity contribution in [2.75, 3.05) is 11.9 Å². The van der Waals surface area contributed by atoms with Crippen LogP contribution < -0.4 is 14.2 Å². The maximum Gasteiger partial charge on any atom is 0.343 e. The van der Waals surface area contributed by atoms with E-state index in [0.29, 0.717) is 17.9 Å². The maximum atomic E-state index is 12.5. The summed E-state index contributed by atoms with van der Waals surface area (Å²) in [6.45, 7) is 0.663. The standard InChI is InChI=1S/C32H37BrO6/c33-22-9-7-5-3-1-2-4-6-8-10-23-37-28-18-14-25(15-19-28)31(35)38-29-20-16-26(17-21-29)32(36)39-30-13-11-12-27(34)24-30/h11-21,24,34H,1-10,22-23H2. The van der Waals surface area contributed by atoms with Crippen LogP contribution in [0.1, 0.15) is 84.9 Å². The van der Waals surface area contributed by atoms with Crippen LogP contribution >= 0.6 is 15.9 Å². The van der Waals surface area contributed by atoms with Crippen molar-refractivity contribution in [2.45, 2.75) is 64.2 Å². The van der Waals surface area contributed by atoms with Crippen LogP contribution in [-0.4, -0.2) is 29.0 Å². The highest BCUT2D eigenvalue weighted by atomic mass is 79.9. The molecule has 0 saturated heterocycles. The number of carbonyl (C=O) groups excluding carboxylic acids is 2. The molecule has 0 unspecified atom stereocenters. The van der Waals surface area contributed by atoms with Crippen LogP contribution in [0.5, 0.6) is 23.0 Å². The Labute approximate surface area is 239 Å². The number of halogens is 1. The van der Waals surface area contributed by atoms with Gasteiger partial charge >= 0.3 is 11.9 Å². The molecule has 0 saturated carbocycles. The topological polar surface area (TPSA) is 82.1 Å². The highest BCUT2D eigenvalue weighted by Crippen LogP contribution is 2.21. The van der Waals surface area contributed by atoms with E-state index in [0.717, 1.165) is 17.5 Å². The maximum absolute atomic E-state index is 12.5. The summed E-state index contributed by atoms with van der Waals surface area (Å²) in [5, 5.41) is 10.6. The highest BCUT2D eigenvalue weighted by Gasteiger charge is 2.12. The third-order valence-corrected chi connectivity index (χ3v) is 6.78. The first-order chi connectivity index (χ1) is 19.0. The number of esters is 2. The third kappa shape index (κ3) is 11.5. The number of ether oxygens (including phenoxy) is 3. The summed E-state index contributed by atoms with van der Waals surface area (Å²) in [6.07, 6.45) is 12.7. The molecule has 0 spiro atoms. The summed E-state index contributed by atoms with van der Waals surface area (Å²) < 4.78 is 16.5. The fourth-order valence-electron chi connectivity index (χ4n) is 4.03. The van der Waals surface area contributed by atoms with Gasteiger partial charge in [0.2, 0.25) is 0 Å². The minimum absolute atomic E-state index is 0.00513. The molecule has 0 radical (unpaired) electrons. The molecule has 0 amide bonds. The van der Waals surface area contributed by atoms with Crippen LogP contribution in [-0.2, 0) is 0 Å². The molecule has 39 heavy (non-hydrogen) atoms. The van der Waals surface area contributed by atoms with Crippen molar-refractivity contribution in [3.8, 4) is 23.0 Å². The van der Waals surface area contributed by atoms with Crippen molar-refractivity contribution in [1.82, 2.24) is 0 Å². The largest absolute Gasteiger partial charge is 0.508 e. The van der Waals surface area contributed by atoms with E-state index < -0.39 is 11.9 Å². The lowest BCUT2D eigenvalue weighted by molar-refractivity contribution is 0.0730. The highest BCUT2D eigenvalue weighted by molar-refractivity contribution is 9.09. The van der Waals surface area contributed by atoms with Crippen molar-refractivity contribution in [3.05, 3.63) is 83.9 Å². The van der Waals surface area contributed by atoms with Gasteiger partial charge in [0.15, 0.2) is 0 Å². The van der Waals surface area contributed by atoms with Gasteiger partial charge in [-0.25, -0.2) is 9.59 Å². The molecule has 3 rings (SSSR count). The fraction of sp³-hybridized carbons (Fsp3) is 0.375. The summed E-state index contributed by atoms with van der Waals surface area (Å²) >= 11 is 3.48. The Bertz CT molecular complexity index is 1140. The molecule has 0 aliphatic heterocycles. The SMILES string of the molecule is O=C(Oc1ccc(C(=O)Oc2cccc(O)c2)cc1)c1ccc(OCCCCCCCCCCCCBr)cc1. The number of rotatable bonds is 17. The molecule has 0 heterocycles. The predicted octanol–water partition coefficient (Wildman–Crippen LogP) is 8.51. The number of benzene rings is 3. The molecule has 3 aromatic carbocycles. The van der Waals surface area contributed by atoms with Crippen LogP contribution in [0.4, 0.5) is 0 Å². The Balaban J connectivity index is 1.32. The summed E-state index contributed by atoms with van der Waals surface area (Å²) in [5.41, 5.74) is 0.693. The zero-order chi connectivity index (χ0) is 27.7. The number of phenols is 1. The molecule has 208 valence electrons. The number of unbranched alkanes of at least 4 members (excludes halogenated alkanes) is 9. The van der Waals surface area contributed by atoms with Gasteiger partial charge in [-0.2, -0.15) is 0 Å². The average Bonchev–Trinajstić information content (AvgIpc) is 2.94. The number of hydrogen-bond acceptors (Lipinski definition) is 6. The van der Waals surface area contributed by atoms with Crippen molar-refractivity contribution in [1.29, 1.82) is 0 Å². The molecule has 7 heteroatoms. The monoisotopic (exact) mass is 596 g/mol. The molecule has 0 bridgehead atoms. The zero-order valence-corrected chi connectivity index (χ0v) is 23.9. The van der Waals surface area contributed by atoms with E-state index >= 15 is 0 Å². The lowest BCUT2D eigenvalue weighted by Gasteiger charge is -2.08. The first-order valence-corrected chi connectivity index (χ1v) is 14.8. The Kier molecular flexibility index (Phi) is 13.4. The van der Waals surface area contributed by atoms with Gasteiger partial charge in [0.1, 0.15) is 23.0 Å². The van der Waals surface area contributed by atoms with E-state index in [-0.39, 0.29) is 17.1 Å². The molecule has 6 nitrogen and oxygen atoms in total. The van der Waals surface area contributed by atoms with Gasteiger partial charge in [-0.15, -0.1) is 0 Å². The van der Waals surface area contributed by atoms with Crippen molar-refractivity contribution in [3.63, 3.8) is 0 Å². The van der Waals surface area contributed by atoms with Crippen LogP contribution in [0.15, 0.2) is 72.8 Å². The van der Waals surface area contributed by atoms with Crippen molar-refractivity contribution in [2.24, 2.45) is 0 Å². The number of aromatic hydroxyl groups is 1. The molecule has 0 aliphatic carbocycles. The second kappa shape index (κ2) is 17.3. The summed E-state index contributed by atoms with van der Waals surface area (Å²) in [7, 11) is 0. The third-order valence-electron chi connectivity index (χ3n) is 6.22. The molecular weight excluding hydrogens is 560 g/mol. The quantitative estimate of drug-likeness (QED) is 0.0727. The van der Waals surface area contributed by atoms with Gasteiger partial charge in [0.25, 0.3) is 0 Å². The minimum Gasteiger partial charge on any atom is -0.508 e.